The summed E-state index contributed by atoms with van der Waals surface area (Å²) in [6.07, 6.45) is 0. The van der Waals surface area contributed by atoms with E-state index in [-0.39, 0.29) is 22.7 Å². The Bertz CT molecular complexity index is 1470. The van der Waals surface area contributed by atoms with Crippen molar-refractivity contribution >= 4 is 29.1 Å². The number of methoxy groups -OCH3 is 1. The fourth-order valence-corrected chi connectivity index (χ4v) is 4.68. The largest absolute Gasteiger partial charge is 0.495 e. The van der Waals surface area contributed by atoms with Crippen molar-refractivity contribution in [2.75, 3.05) is 18.2 Å². The Kier molecular flexibility index (Phi) is 7.52. The molecule has 0 aliphatic rings. The van der Waals surface area contributed by atoms with Crippen LogP contribution in [0.15, 0.2) is 76.2 Å². The molecule has 0 atom stereocenters. The highest BCUT2D eigenvalue weighted by atomic mass is 32.2. The molecule has 2 aromatic carbocycles. The number of pyridine rings is 1. The molecule has 7 nitrogen and oxygen atoms in total. The summed E-state index contributed by atoms with van der Waals surface area (Å²) in [6.45, 7) is 3.48. The van der Waals surface area contributed by atoms with Gasteiger partial charge in [-0.15, -0.1) is 0 Å². The van der Waals surface area contributed by atoms with Crippen LogP contribution in [-0.2, 0) is 0 Å². The Morgan fingerprint density at radius 3 is 2.44 bits per heavy atom. The van der Waals surface area contributed by atoms with Crippen LogP contribution in [0.2, 0.25) is 0 Å². The molecule has 0 saturated heterocycles. The van der Waals surface area contributed by atoms with Crippen molar-refractivity contribution in [1.82, 2.24) is 4.98 Å². The first kappa shape index (κ1) is 24.8. The second-order valence-corrected chi connectivity index (χ2v) is 8.85. The summed E-state index contributed by atoms with van der Waals surface area (Å²) in [6, 6.07) is 21.6. The lowest BCUT2D eigenvalue weighted by atomic mass is 9.99. The maximum absolute atomic E-state index is 13.5. The fourth-order valence-electron chi connectivity index (χ4n) is 3.75. The molecule has 0 fully saturated rings. The van der Waals surface area contributed by atoms with Gasteiger partial charge in [-0.05, 0) is 38.1 Å². The van der Waals surface area contributed by atoms with Gasteiger partial charge in [0.05, 0.1) is 40.9 Å². The normalized spacial score (nSPS) is 10.5. The number of nitrogens with one attached hydrogen (secondary N) is 1. The highest BCUT2D eigenvalue weighted by molar-refractivity contribution is 8.00. The number of aryl methyl sites for hydroxylation is 2. The van der Waals surface area contributed by atoms with E-state index in [0.717, 1.165) is 11.8 Å². The number of carbonyl (C=O) groups excluding carboxylic acids is 2. The molecule has 0 unspecified atom stereocenters. The number of hydrogen-bond donors (Lipinski definition) is 1. The summed E-state index contributed by atoms with van der Waals surface area (Å²) < 4.78 is 11.2. The summed E-state index contributed by atoms with van der Waals surface area (Å²) in [5, 5.41) is 13.4. The molecule has 0 spiro atoms. The lowest BCUT2D eigenvalue weighted by molar-refractivity contribution is 0.101. The first-order chi connectivity index (χ1) is 17.4. The number of rotatable bonds is 8. The molecule has 0 bridgehead atoms. The highest BCUT2D eigenvalue weighted by Gasteiger charge is 2.27. The van der Waals surface area contributed by atoms with E-state index in [9.17, 15) is 14.9 Å². The van der Waals surface area contributed by atoms with Crippen LogP contribution in [0.5, 0.6) is 5.75 Å². The van der Waals surface area contributed by atoms with Gasteiger partial charge in [-0.25, -0.2) is 4.98 Å². The van der Waals surface area contributed by atoms with Crippen LogP contribution >= 0.6 is 11.8 Å². The average molecular weight is 498 g/mol. The van der Waals surface area contributed by atoms with Crippen molar-refractivity contribution in [3.8, 4) is 23.1 Å². The van der Waals surface area contributed by atoms with Gasteiger partial charge >= 0.3 is 0 Å². The van der Waals surface area contributed by atoms with E-state index in [4.69, 9.17) is 9.15 Å². The lowest BCUT2D eigenvalue weighted by Gasteiger charge is -2.16. The van der Waals surface area contributed by atoms with Gasteiger partial charge in [0.25, 0.3) is 5.91 Å². The van der Waals surface area contributed by atoms with Crippen molar-refractivity contribution in [1.29, 1.82) is 5.26 Å². The van der Waals surface area contributed by atoms with Gasteiger partial charge in [0.15, 0.2) is 5.78 Å². The summed E-state index contributed by atoms with van der Waals surface area (Å²) in [7, 11) is 1.52. The Labute approximate surface area is 213 Å². The number of hydrogen-bond acceptors (Lipinski definition) is 7. The number of ether oxygens (including phenoxy) is 1. The molecule has 4 aromatic rings. The molecule has 0 saturated carbocycles. The van der Waals surface area contributed by atoms with Crippen LogP contribution in [0.1, 0.15) is 37.7 Å². The Hall–Kier alpha value is -4.35. The zero-order chi connectivity index (χ0) is 25.7. The zero-order valence-electron chi connectivity index (χ0n) is 20.0. The Morgan fingerprint density at radius 1 is 1.06 bits per heavy atom. The smallest absolute Gasteiger partial charge is 0.258 e. The molecule has 0 aliphatic carbocycles. The number of benzene rings is 2. The summed E-state index contributed by atoms with van der Waals surface area (Å²) in [5.74, 6) is 1.05. The maximum atomic E-state index is 13.5. The molecule has 2 heterocycles. The van der Waals surface area contributed by atoms with Crippen molar-refractivity contribution in [3.63, 3.8) is 0 Å². The molecule has 0 aliphatic heterocycles. The number of nitrogens with zero attached hydrogens (tertiary/aromatic N) is 2. The monoisotopic (exact) mass is 497 g/mol. The molecule has 1 amide bonds. The van der Waals surface area contributed by atoms with Crippen molar-refractivity contribution in [2.24, 2.45) is 0 Å². The number of ketones is 1. The van der Waals surface area contributed by atoms with E-state index in [1.807, 2.05) is 6.07 Å². The molecule has 36 heavy (non-hydrogen) atoms. The topological polar surface area (TPSA) is 105 Å². The van der Waals surface area contributed by atoms with E-state index < -0.39 is 5.91 Å². The average Bonchev–Trinajstić information content (AvgIpc) is 3.33. The predicted octanol–water partition coefficient (Wildman–Crippen LogP) is 6.07. The first-order valence-electron chi connectivity index (χ1n) is 11.1. The van der Waals surface area contributed by atoms with Crippen LogP contribution in [0, 0.1) is 25.2 Å². The van der Waals surface area contributed by atoms with E-state index >= 15 is 0 Å². The maximum Gasteiger partial charge on any atom is 0.258 e. The zero-order valence-corrected chi connectivity index (χ0v) is 20.8. The SMILES string of the molecule is COc1ccccc1NC(=O)c1c(C)nc(SCC(=O)c2ccccc2)c(C#N)c1-c1ccc(C)o1. The van der Waals surface area contributed by atoms with Crippen LogP contribution in [0.25, 0.3) is 11.3 Å². The standard InChI is InChI=1S/C28H23N3O4S/c1-17-13-14-24(35-17)26-20(15-29)28(36-16-22(32)19-9-5-4-6-10-19)30-18(2)25(26)27(33)31-21-11-7-8-12-23(21)34-3/h4-14H,16H2,1-3H3,(H,31,33). The summed E-state index contributed by atoms with van der Waals surface area (Å²) in [4.78, 5) is 30.8. The molecular weight excluding hydrogens is 474 g/mol. The number of furan rings is 1. The minimum absolute atomic E-state index is 0.0858. The molecule has 2 aromatic heterocycles. The molecule has 180 valence electrons. The number of nitriles is 1. The van der Waals surface area contributed by atoms with E-state index in [0.29, 0.717) is 44.8 Å². The third-order valence-corrected chi connectivity index (χ3v) is 6.44. The van der Waals surface area contributed by atoms with Crippen molar-refractivity contribution in [2.45, 2.75) is 18.9 Å². The van der Waals surface area contributed by atoms with Gasteiger partial charge in [-0.2, -0.15) is 5.26 Å². The van der Waals surface area contributed by atoms with Gasteiger partial charge in [0.1, 0.15) is 28.4 Å². The van der Waals surface area contributed by atoms with Crippen molar-refractivity contribution < 1.29 is 18.7 Å². The number of thioether (sulfide) groups is 1. The van der Waals surface area contributed by atoms with Crippen LogP contribution in [-0.4, -0.2) is 29.5 Å². The lowest BCUT2D eigenvalue weighted by Crippen LogP contribution is -2.17. The highest BCUT2D eigenvalue weighted by Crippen LogP contribution is 2.37. The minimum atomic E-state index is -0.457. The molecular formula is C28H23N3O4S. The molecule has 8 heteroatoms. The minimum Gasteiger partial charge on any atom is -0.495 e. The van der Waals surface area contributed by atoms with E-state index in [2.05, 4.69) is 16.4 Å². The second-order valence-electron chi connectivity index (χ2n) is 7.88. The van der Waals surface area contributed by atoms with E-state index in [1.165, 1.54) is 7.11 Å². The Morgan fingerprint density at radius 2 is 1.78 bits per heavy atom. The number of carbonyl (C=O) groups is 2. The second kappa shape index (κ2) is 10.9. The quantitative estimate of drug-likeness (QED) is 0.233. The van der Waals surface area contributed by atoms with E-state index in [1.54, 1.807) is 74.5 Å². The number of anilines is 1. The van der Waals surface area contributed by atoms with Gasteiger partial charge < -0.3 is 14.5 Å². The third kappa shape index (κ3) is 5.16. The van der Waals surface area contributed by atoms with Crippen molar-refractivity contribution in [3.05, 3.63) is 94.9 Å². The Balaban J connectivity index is 1.77. The molecule has 4 rings (SSSR count). The van der Waals surface area contributed by atoms with Crippen LogP contribution in [0.4, 0.5) is 5.69 Å². The summed E-state index contributed by atoms with van der Waals surface area (Å²) in [5.41, 5.74) is 2.18. The number of para-hydroxylation sites is 2. The molecule has 0 radical (unpaired) electrons. The van der Waals surface area contributed by atoms with Gasteiger partial charge in [-0.3, -0.25) is 9.59 Å². The molecule has 1 N–H and O–H groups in total. The predicted molar refractivity (Wildman–Crippen MR) is 139 cm³/mol. The fraction of sp³-hybridized carbons (Fsp3) is 0.143. The summed E-state index contributed by atoms with van der Waals surface area (Å²) >= 11 is 1.16. The third-order valence-electron chi connectivity index (χ3n) is 5.46. The van der Waals surface area contributed by atoms with Crippen LogP contribution < -0.4 is 10.1 Å². The number of amides is 1. The number of Topliss-reactive ketones (excluding diaryl/α,β-unsaturated/α-hetero) is 1. The first-order valence-corrected chi connectivity index (χ1v) is 12.1. The van der Waals surface area contributed by atoms with Gasteiger partial charge in [0, 0.05) is 5.56 Å². The van der Waals surface area contributed by atoms with Gasteiger partial charge in [-0.1, -0.05) is 54.2 Å². The van der Waals surface area contributed by atoms with Gasteiger partial charge in [0.2, 0.25) is 0 Å². The van der Waals surface area contributed by atoms with Crippen LogP contribution in [0.3, 0.4) is 0 Å². The number of aromatic nitrogens is 1.